The van der Waals surface area contributed by atoms with Crippen LogP contribution in [0.4, 0.5) is 0 Å². The molecular weight excluding hydrogens is 294 g/mol. The van der Waals surface area contributed by atoms with Crippen LogP contribution in [-0.2, 0) is 6.42 Å². The number of furan rings is 1. The fourth-order valence-corrected chi connectivity index (χ4v) is 3.50. The molecule has 1 aromatic carbocycles. The molecule has 22 heavy (non-hydrogen) atoms. The first kappa shape index (κ1) is 13.7. The lowest BCUT2D eigenvalue weighted by Crippen LogP contribution is -2.30. The number of H-pyrrole nitrogens is 1. The van der Waals surface area contributed by atoms with E-state index in [4.69, 9.17) is 4.42 Å². The minimum atomic E-state index is 0.0439. The van der Waals surface area contributed by atoms with Crippen molar-refractivity contribution in [1.82, 2.24) is 15.3 Å². The fourth-order valence-electron chi connectivity index (χ4n) is 2.72. The van der Waals surface area contributed by atoms with Crippen molar-refractivity contribution in [2.24, 2.45) is 0 Å². The Labute approximate surface area is 133 Å². The van der Waals surface area contributed by atoms with Crippen molar-refractivity contribution in [2.75, 3.05) is 6.54 Å². The molecule has 0 amide bonds. The Morgan fingerprint density at radius 1 is 1.18 bits per heavy atom. The summed E-state index contributed by atoms with van der Waals surface area (Å²) >= 11 is 1.64. The molecule has 0 aliphatic carbocycles. The zero-order chi connectivity index (χ0) is 14.9. The molecule has 1 aliphatic rings. The third-order valence-corrected chi connectivity index (χ3v) is 4.80. The summed E-state index contributed by atoms with van der Waals surface area (Å²) in [5.41, 5.74) is 3.52. The summed E-state index contributed by atoms with van der Waals surface area (Å²) in [5, 5.41) is 4.38. The number of nitrogens with one attached hydrogen (secondary N) is 2. The molecule has 4 rings (SSSR count). The van der Waals surface area contributed by atoms with E-state index in [1.807, 2.05) is 12.1 Å². The molecule has 1 aliphatic heterocycles. The van der Waals surface area contributed by atoms with Crippen LogP contribution in [0.2, 0.25) is 0 Å². The molecule has 0 unspecified atom stereocenters. The summed E-state index contributed by atoms with van der Waals surface area (Å²) in [6, 6.07) is 12.6. The molecule has 112 valence electrons. The van der Waals surface area contributed by atoms with E-state index in [-0.39, 0.29) is 6.04 Å². The summed E-state index contributed by atoms with van der Waals surface area (Å²) in [6.07, 6.45) is 2.74. The summed E-state index contributed by atoms with van der Waals surface area (Å²) in [4.78, 5) is 8.83. The second-order valence-electron chi connectivity index (χ2n) is 5.48. The minimum absolute atomic E-state index is 0.0439. The van der Waals surface area contributed by atoms with Gasteiger partial charge in [0.2, 0.25) is 0 Å². The lowest BCUT2D eigenvalue weighted by molar-refractivity contribution is 0.383. The Morgan fingerprint density at radius 2 is 2.05 bits per heavy atom. The molecule has 0 bridgehead atoms. The molecule has 0 fully saturated rings. The molecule has 2 aromatic heterocycles. The van der Waals surface area contributed by atoms with E-state index in [9.17, 15) is 0 Å². The highest BCUT2D eigenvalue weighted by molar-refractivity contribution is 7.99. The number of imidazole rings is 1. The molecule has 4 nitrogen and oxygen atoms in total. The van der Waals surface area contributed by atoms with Gasteiger partial charge >= 0.3 is 0 Å². The lowest BCUT2D eigenvalue weighted by atomic mass is 10.0. The zero-order valence-electron chi connectivity index (χ0n) is 12.3. The van der Waals surface area contributed by atoms with Crippen molar-refractivity contribution < 1.29 is 4.42 Å². The highest BCUT2D eigenvalue weighted by Crippen LogP contribution is 2.33. The van der Waals surface area contributed by atoms with E-state index < -0.39 is 0 Å². The van der Waals surface area contributed by atoms with Gasteiger partial charge in [-0.2, -0.15) is 0 Å². The van der Waals surface area contributed by atoms with Crippen LogP contribution in [0, 0.1) is 6.92 Å². The van der Waals surface area contributed by atoms with E-state index in [0.717, 1.165) is 29.5 Å². The van der Waals surface area contributed by atoms with Crippen molar-refractivity contribution in [2.45, 2.75) is 29.4 Å². The third-order valence-electron chi connectivity index (χ3n) is 3.87. The molecular formula is C17H17N3OS. The number of aromatic nitrogens is 2. The largest absolute Gasteiger partial charge is 0.452 e. The fraction of sp³-hybridized carbons (Fsp3) is 0.235. The number of hydrogen-bond donors (Lipinski definition) is 2. The highest BCUT2D eigenvalue weighted by Gasteiger charge is 2.26. The van der Waals surface area contributed by atoms with Crippen LogP contribution in [-0.4, -0.2) is 16.5 Å². The maximum atomic E-state index is 6.03. The van der Waals surface area contributed by atoms with Crippen molar-refractivity contribution in [1.29, 1.82) is 0 Å². The average molecular weight is 311 g/mol. The van der Waals surface area contributed by atoms with Crippen molar-refractivity contribution in [3.8, 4) is 0 Å². The second kappa shape index (κ2) is 5.66. The highest BCUT2D eigenvalue weighted by atomic mass is 32.2. The van der Waals surface area contributed by atoms with Gasteiger partial charge < -0.3 is 14.7 Å². The first-order valence-corrected chi connectivity index (χ1v) is 8.21. The third kappa shape index (κ3) is 2.58. The van der Waals surface area contributed by atoms with Crippen LogP contribution >= 0.6 is 11.8 Å². The van der Waals surface area contributed by atoms with Crippen molar-refractivity contribution in [3.63, 3.8) is 0 Å². The Kier molecular flexibility index (Phi) is 3.52. The summed E-state index contributed by atoms with van der Waals surface area (Å²) in [5.74, 6) is 0.919. The predicted octanol–water partition coefficient (Wildman–Crippen LogP) is 3.70. The maximum absolute atomic E-state index is 6.03. The van der Waals surface area contributed by atoms with Crippen LogP contribution in [0.3, 0.4) is 0 Å². The molecule has 0 radical (unpaired) electrons. The van der Waals surface area contributed by atoms with Gasteiger partial charge in [-0.3, -0.25) is 0 Å². The van der Waals surface area contributed by atoms with E-state index in [1.165, 1.54) is 16.2 Å². The smallest absolute Gasteiger partial charge is 0.165 e. The van der Waals surface area contributed by atoms with E-state index >= 15 is 0 Å². The lowest BCUT2D eigenvalue weighted by Gasteiger charge is -2.20. The molecule has 1 atom stereocenters. The van der Waals surface area contributed by atoms with Crippen LogP contribution in [0.15, 0.2) is 57.1 Å². The molecule has 0 saturated heterocycles. The Bertz CT molecular complexity index is 775. The minimum Gasteiger partial charge on any atom is -0.452 e. The Hall–Kier alpha value is -1.98. The molecule has 3 aromatic rings. The molecule has 5 heteroatoms. The van der Waals surface area contributed by atoms with Gasteiger partial charge in [0.1, 0.15) is 11.8 Å². The van der Waals surface area contributed by atoms with Crippen LogP contribution in [0.1, 0.15) is 28.8 Å². The molecule has 0 saturated carbocycles. The topological polar surface area (TPSA) is 53.9 Å². The monoisotopic (exact) mass is 311 g/mol. The van der Waals surface area contributed by atoms with Crippen LogP contribution < -0.4 is 5.32 Å². The van der Waals surface area contributed by atoms with E-state index in [2.05, 4.69) is 46.5 Å². The van der Waals surface area contributed by atoms with Crippen molar-refractivity contribution >= 4 is 11.8 Å². The number of nitrogens with zero attached hydrogens (tertiary/aromatic N) is 1. The predicted molar refractivity (Wildman–Crippen MR) is 86.1 cm³/mol. The van der Waals surface area contributed by atoms with Gasteiger partial charge in [0, 0.05) is 23.6 Å². The zero-order valence-corrected chi connectivity index (χ0v) is 13.1. The molecule has 0 spiro atoms. The Morgan fingerprint density at radius 3 is 2.91 bits per heavy atom. The van der Waals surface area contributed by atoms with Crippen molar-refractivity contribution in [3.05, 3.63) is 65.4 Å². The molecule has 3 heterocycles. The summed E-state index contributed by atoms with van der Waals surface area (Å²) < 4.78 is 6.03. The van der Waals surface area contributed by atoms with E-state index in [0.29, 0.717) is 0 Å². The summed E-state index contributed by atoms with van der Waals surface area (Å²) in [6.45, 7) is 3.02. The average Bonchev–Trinajstić information content (AvgIpc) is 3.18. The van der Waals surface area contributed by atoms with Gasteiger partial charge in [-0.05, 0) is 31.2 Å². The van der Waals surface area contributed by atoms with Gasteiger partial charge in [0.15, 0.2) is 5.09 Å². The summed E-state index contributed by atoms with van der Waals surface area (Å²) in [7, 11) is 0. The number of hydrogen-bond acceptors (Lipinski definition) is 4. The van der Waals surface area contributed by atoms with Gasteiger partial charge in [-0.15, -0.1) is 0 Å². The van der Waals surface area contributed by atoms with Gasteiger partial charge in [0.25, 0.3) is 0 Å². The van der Waals surface area contributed by atoms with Crippen LogP contribution in [0.5, 0.6) is 0 Å². The number of aromatic amines is 1. The van der Waals surface area contributed by atoms with Gasteiger partial charge in [-0.1, -0.05) is 29.5 Å². The molecule has 2 N–H and O–H groups in total. The van der Waals surface area contributed by atoms with Crippen LogP contribution in [0.25, 0.3) is 0 Å². The SMILES string of the molecule is Cc1ccc(Sc2ccc([C@H]3NCCc4[nH]cnc43)o2)cc1. The number of aryl methyl sites for hydroxylation is 1. The quantitative estimate of drug-likeness (QED) is 0.774. The standard InChI is InChI=1S/C17H17N3OS/c1-11-2-4-12(5-3-11)22-15-7-6-14(21-15)17-16-13(8-9-18-17)19-10-20-16/h2-7,10,17-18H,8-9H2,1H3,(H,19,20)/t17-/m1/s1. The van der Waals surface area contributed by atoms with Gasteiger partial charge in [0.05, 0.1) is 12.0 Å². The number of fused-ring (bicyclic) bond motifs is 1. The van der Waals surface area contributed by atoms with E-state index in [1.54, 1.807) is 18.1 Å². The first-order chi connectivity index (χ1) is 10.8. The normalized spacial score (nSPS) is 17.4. The number of benzene rings is 1. The maximum Gasteiger partial charge on any atom is 0.165 e. The Balaban J connectivity index is 1.56. The van der Waals surface area contributed by atoms with Gasteiger partial charge in [-0.25, -0.2) is 4.98 Å². The number of rotatable bonds is 3. The first-order valence-electron chi connectivity index (χ1n) is 7.39. The second-order valence-corrected chi connectivity index (χ2v) is 6.55.